The maximum absolute atomic E-state index is 3.47. The molecule has 1 nitrogen and oxygen atoms in total. The summed E-state index contributed by atoms with van der Waals surface area (Å²) in [6.45, 7) is 6.86. The quantitative estimate of drug-likeness (QED) is 0.782. The van der Waals surface area contributed by atoms with E-state index in [2.05, 4.69) is 75.2 Å². The SMILES string of the molecule is CCC(SCC(C)C)C(NC)c1ccccc1. The zero-order valence-electron chi connectivity index (χ0n) is 11.4. The lowest BCUT2D eigenvalue weighted by Gasteiger charge is -2.26. The monoisotopic (exact) mass is 251 g/mol. The number of thioether (sulfide) groups is 1. The van der Waals surface area contributed by atoms with Crippen molar-refractivity contribution < 1.29 is 0 Å². The standard InChI is InChI=1S/C15H25NS/c1-5-14(17-11-12(2)3)15(16-4)13-9-7-6-8-10-13/h6-10,12,14-16H,5,11H2,1-4H3. The Morgan fingerprint density at radius 2 is 1.82 bits per heavy atom. The molecule has 0 saturated carbocycles. The van der Waals surface area contributed by atoms with Gasteiger partial charge in [-0.05, 0) is 30.7 Å². The Bertz CT molecular complexity index is 297. The van der Waals surface area contributed by atoms with Gasteiger partial charge in [0.1, 0.15) is 0 Å². The summed E-state index contributed by atoms with van der Waals surface area (Å²) in [6, 6.07) is 11.2. The summed E-state index contributed by atoms with van der Waals surface area (Å²) in [4.78, 5) is 0. The van der Waals surface area contributed by atoms with E-state index in [1.165, 1.54) is 17.7 Å². The van der Waals surface area contributed by atoms with Crippen molar-refractivity contribution in [1.29, 1.82) is 0 Å². The highest BCUT2D eigenvalue weighted by atomic mass is 32.2. The molecule has 1 aromatic rings. The molecule has 0 aliphatic rings. The van der Waals surface area contributed by atoms with Gasteiger partial charge >= 0.3 is 0 Å². The van der Waals surface area contributed by atoms with E-state index in [9.17, 15) is 0 Å². The average Bonchev–Trinajstić information content (AvgIpc) is 2.35. The molecule has 96 valence electrons. The van der Waals surface area contributed by atoms with Gasteiger partial charge in [-0.2, -0.15) is 11.8 Å². The van der Waals surface area contributed by atoms with Gasteiger partial charge in [-0.1, -0.05) is 51.1 Å². The van der Waals surface area contributed by atoms with E-state index in [1.807, 2.05) is 0 Å². The first-order valence-electron chi connectivity index (χ1n) is 6.52. The molecule has 0 radical (unpaired) electrons. The van der Waals surface area contributed by atoms with Crippen LogP contribution >= 0.6 is 11.8 Å². The maximum atomic E-state index is 3.47. The zero-order chi connectivity index (χ0) is 12.7. The second kappa shape index (κ2) is 7.78. The molecule has 0 fully saturated rings. The van der Waals surface area contributed by atoms with Gasteiger partial charge in [-0.25, -0.2) is 0 Å². The molecule has 0 aromatic heterocycles. The van der Waals surface area contributed by atoms with Crippen LogP contribution in [0.15, 0.2) is 30.3 Å². The van der Waals surface area contributed by atoms with Gasteiger partial charge < -0.3 is 5.32 Å². The Morgan fingerprint density at radius 3 is 2.29 bits per heavy atom. The minimum Gasteiger partial charge on any atom is -0.312 e. The van der Waals surface area contributed by atoms with Crippen molar-refractivity contribution in [2.45, 2.75) is 38.5 Å². The third kappa shape index (κ3) is 4.72. The summed E-state index contributed by atoms with van der Waals surface area (Å²) in [7, 11) is 2.07. The predicted molar refractivity (Wildman–Crippen MR) is 79.6 cm³/mol. The van der Waals surface area contributed by atoms with Gasteiger partial charge in [-0.15, -0.1) is 0 Å². The number of hydrogen-bond donors (Lipinski definition) is 1. The van der Waals surface area contributed by atoms with Crippen LogP contribution in [-0.2, 0) is 0 Å². The van der Waals surface area contributed by atoms with Gasteiger partial charge in [0.15, 0.2) is 0 Å². The van der Waals surface area contributed by atoms with Crippen molar-refractivity contribution in [1.82, 2.24) is 5.32 Å². The van der Waals surface area contributed by atoms with Crippen LogP contribution in [0.25, 0.3) is 0 Å². The molecular weight excluding hydrogens is 226 g/mol. The van der Waals surface area contributed by atoms with Crippen molar-refractivity contribution in [3.05, 3.63) is 35.9 Å². The van der Waals surface area contributed by atoms with E-state index in [0.717, 1.165) is 5.92 Å². The highest BCUT2D eigenvalue weighted by Gasteiger charge is 2.20. The molecule has 2 atom stereocenters. The highest BCUT2D eigenvalue weighted by molar-refractivity contribution is 7.99. The Hall–Kier alpha value is -0.470. The van der Waals surface area contributed by atoms with E-state index < -0.39 is 0 Å². The third-order valence-electron chi connectivity index (χ3n) is 2.89. The topological polar surface area (TPSA) is 12.0 Å². The Morgan fingerprint density at radius 1 is 1.18 bits per heavy atom. The normalized spacial score (nSPS) is 14.9. The number of nitrogens with one attached hydrogen (secondary N) is 1. The molecule has 1 N–H and O–H groups in total. The van der Waals surface area contributed by atoms with Gasteiger partial charge in [0.05, 0.1) is 0 Å². The Kier molecular flexibility index (Phi) is 6.68. The van der Waals surface area contributed by atoms with Crippen LogP contribution in [0.3, 0.4) is 0 Å². The van der Waals surface area contributed by atoms with Gasteiger partial charge in [0.2, 0.25) is 0 Å². The molecule has 1 rings (SSSR count). The molecule has 17 heavy (non-hydrogen) atoms. The summed E-state index contributed by atoms with van der Waals surface area (Å²) in [5.41, 5.74) is 1.40. The molecule has 0 bridgehead atoms. The lowest BCUT2D eigenvalue weighted by atomic mass is 10.0. The maximum Gasteiger partial charge on any atom is 0.0438 e. The second-order valence-corrected chi connectivity index (χ2v) is 6.12. The fourth-order valence-electron chi connectivity index (χ4n) is 1.99. The first-order valence-corrected chi connectivity index (χ1v) is 7.57. The minimum absolute atomic E-state index is 0.463. The molecule has 0 aliphatic carbocycles. The molecule has 0 aliphatic heterocycles. The molecule has 1 aromatic carbocycles. The summed E-state index contributed by atoms with van der Waals surface area (Å²) in [6.07, 6.45) is 1.21. The molecule has 0 saturated heterocycles. The van der Waals surface area contributed by atoms with E-state index in [4.69, 9.17) is 0 Å². The van der Waals surface area contributed by atoms with Crippen molar-refractivity contribution >= 4 is 11.8 Å². The van der Waals surface area contributed by atoms with Crippen LogP contribution in [0.1, 0.15) is 38.8 Å². The molecular formula is C15H25NS. The van der Waals surface area contributed by atoms with E-state index in [1.54, 1.807) is 0 Å². The molecule has 0 heterocycles. The number of hydrogen-bond acceptors (Lipinski definition) is 2. The van der Waals surface area contributed by atoms with Crippen LogP contribution in [0.4, 0.5) is 0 Å². The van der Waals surface area contributed by atoms with Crippen molar-refractivity contribution in [3.8, 4) is 0 Å². The summed E-state index contributed by atoms with van der Waals surface area (Å²) < 4.78 is 0. The highest BCUT2D eigenvalue weighted by Crippen LogP contribution is 2.29. The fourth-order valence-corrected chi connectivity index (χ4v) is 3.35. The van der Waals surface area contributed by atoms with Crippen LogP contribution in [-0.4, -0.2) is 18.1 Å². The van der Waals surface area contributed by atoms with Gasteiger partial charge in [0.25, 0.3) is 0 Å². The number of rotatable bonds is 7. The fraction of sp³-hybridized carbons (Fsp3) is 0.600. The Labute approximate surface area is 110 Å². The zero-order valence-corrected chi connectivity index (χ0v) is 12.3. The van der Waals surface area contributed by atoms with Crippen molar-refractivity contribution in [2.75, 3.05) is 12.8 Å². The lowest BCUT2D eigenvalue weighted by Crippen LogP contribution is -2.27. The van der Waals surface area contributed by atoms with Crippen LogP contribution < -0.4 is 5.32 Å². The van der Waals surface area contributed by atoms with Crippen LogP contribution in [0, 0.1) is 5.92 Å². The van der Waals surface area contributed by atoms with E-state index >= 15 is 0 Å². The lowest BCUT2D eigenvalue weighted by molar-refractivity contribution is 0.554. The van der Waals surface area contributed by atoms with E-state index in [0.29, 0.717) is 11.3 Å². The summed E-state index contributed by atoms with van der Waals surface area (Å²) in [5.74, 6) is 2.01. The first kappa shape index (κ1) is 14.6. The molecule has 0 amide bonds. The van der Waals surface area contributed by atoms with Crippen molar-refractivity contribution in [3.63, 3.8) is 0 Å². The Balaban J connectivity index is 2.70. The smallest absolute Gasteiger partial charge is 0.0438 e. The number of benzene rings is 1. The van der Waals surface area contributed by atoms with E-state index in [-0.39, 0.29) is 0 Å². The van der Waals surface area contributed by atoms with Gasteiger partial charge in [0, 0.05) is 11.3 Å². The third-order valence-corrected chi connectivity index (χ3v) is 4.78. The van der Waals surface area contributed by atoms with Crippen LogP contribution in [0.5, 0.6) is 0 Å². The summed E-state index contributed by atoms with van der Waals surface area (Å²) in [5, 5.41) is 4.13. The van der Waals surface area contributed by atoms with Gasteiger partial charge in [-0.3, -0.25) is 0 Å². The minimum atomic E-state index is 0.463. The second-order valence-electron chi connectivity index (χ2n) is 4.85. The van der Waals surface area contributed by atoms with Crippen molar-refractivity contribution in [2.24, 2.45) is 5.92 Å². The largest absolute Gasteiger partial charge is 0.312 e. The predicted octanol–water partition coefficient (Wildman–Crippen LogP) is 4.11. The first-order chi connectivity index (χ1) is 8.19. The molecule has 2 heteroatoms. The molecule has 2 unspecified atom stereocenters. The average molecular weight is 251 g/mol. The van der Waals surface area contributed by atoms with Crippen LogP contribution in [0.2, 0.25) is 0 Å². The summed E-state index contributed by atoms with van der Waals surface area (Å²) >= 11 is 2.09. The molecule has 0 spiro atoms.